The first-order valence-corrected chi connectivity index (χ1v) is 8.09. The summed E-state index contributed by atoms with van der Waals surface area (Å²) in [6.07, 6.45) is 0.220. The van der Waals surface area contributed by atoms with Crippen LogP contribution in [-0.2, 0) is 4.79 Å². The predicted octanol–water partition coefficient (Wildman–Crippen LogP) is 5.09. The van der Waals surface area contributed by atoms with E-state index >= 15 is 0 Å². The Hall–Kier alpha value is -0.930. The molecule has 0 aliphatic heterocycles. The lowest BCUT2D eigenvalue weighted by Gasteiger charge is -2.34. The second kappa shape index (κ2) is 7.10. The Balaban J connectivity index is 2.69. The van der Waals surface area contributed by atoms with Crippen molar-refractivity contribution in [2.24, 2.45) is 5.41 Å². The van der Waals surface area contributed by atoms with Gasteiger partial charge < -0.3 is 10.1 Å². The predicted molar refractivity (Wildman–Crippen MR) is 92.8 cm³/mol. The molecule has 0 radical (unpaired) electrons. The third-order valence-electron chi connectivity index (χ3n) is 3.00. The van der Waals surface area contributed by atoms with E-state index in [0.29, 0.717) is 15.8 Å². The summed E-state index contributed by atoms with van der Waals surface area (Å²) in [6.45, 7) is 12.2. The minimum atomic E-state index is -0.641. The van der Waals surface area contributed by atoms with Crippen LogP contribution in [-0.4, -0.2) is 17.6 Å². The van der Waals surface area contributed by atoms with Crippen molar-refractivity contribution in [3.8, 4) is 5.75 Å². The summed E-state index contributed by atoms with van der Waals surface area (Å²) in [7, 11) is 0. The molecule has 22 heavy (non-hydrogen) atoms. The number of amides is 1. The van der Waals surface area contributed by atoms with Crippen molar-refractivity contribution in [3.63, 3.8) is 0 Å². The van der Waals surface area contributed by atoms with E-state index in [1.54, 1.807) is 25.1 Å². The van der Waals surface area contributed by atoms with Crippen LogP contribution in [0.4, 0.5) is 0 Å². The van der Waals surface area contributed by atoms with E-state index in [1.807, 2.05) is 13.8 Å². The average Bonchev–Trinajstić information content (AvgIpc) is 2.28. The monoisotopic (exact) mass is 345 g/mol. The fourth-order valence-corrected chi connectivity index (χ4v) is 3.07. The molecule has 0 aliphatic rings. The zero-order valence-electron chi connectivity index (χ0n) is 14.1. The van der Waals surface area contributed by atoms with E-state index in [1.165, 1.54) is 0 Å². The van der Waals surface area contributed by atoms with E-state index in [4.69, 9.17) is 27.9 Å². The van der Waals surface area contributed by atoms with Gasteiger partial charge in [0.05, 0.1) is 5.02 Å². The Kier molecular flexibility index (Phi) is 6.17. The molecule has 0 spiro atoms. The Bertz CT molecular complexity index is 536. The number of carbonyl (C=O) groups excluding carboxylic acids is 1. The molecule has 1 N–H and O–H groups in total. The molecule has 0 aromatic heterocycles. The second-order valence-corrected chi connectivity index (χ2v) is 8.29. The van der Waals surface area contributed by atoms with Crippen LogP contribution in [0.3, 0.4) is 0 Å². The zero-order chi connectivity index (χ0) is 17.1. The van der Waals surface area contributed by atoms with Gasteiger partial charge in [0.25, 0.3) is 5.91 Å². The fraction of sp³-hybridized carbons (Fsp3) is 0.588. The molecule has 1 rings (SSSR count). The number of hydrogen-bond acceptors (Lipinski definition) is 2. The average molecular weight is 346 g/mol. The molecule has 1 aromatic rings. The first-order valence-electron chi connectivity index (χ1n) is 7.33. The number of benzene rings is 1. The van der Waals surface area contributed by atoms with Crippen molar-refractivity contribution in [1.82, 2.24) is 5.32 Å². The van der Waals surface area contributed by atoms with E-state index in [0.717, 1.165) is 6.42 Å². The fourth-order valence-electron chi connectivity index (χ4n) is 2.62. The Morgan fingerprint density at radius 1 is 1.23 bits per heavy atom. The highest BCUT2D eigenvalue weighted by Gasteiger charge is 2.29. The molecule has 0 fully saturated rings. The molecule has 0 bridgehead atoms. The van der Waals surface area contributed by atoms with Crippen molar-refractivity contribution >= 4 is 29.1 Å². The largest absolute Gasteiger partial charge is 0.479 e. The summed E-state index contributed by atoms with van der Waals surface area (Å²) < 4.78 is 5.64. The van der Waals surface area contributed by atoms with Crippen LogP contribution in [0.25, 0.3) is 0 Å². The molecular formula is C17H25Cl2NO2. The maximum atomic E-state index is 12.3. The first-order chi connectivity index (χ1) is 9.89. The zero-order valence-corrected chi connectivity index (χ0v) is 15.6. The van der Waals surface area contributed by atoms with Crippen LogP contribution >= 0.6 is 23.2 Å². The van der Waals surface area contributed by atoms with Gasteiger partial charge in [-0.15, -0.1) is 0 Å². The van der Waals surface area contributed by atoms with Crippen LogP contribution in [0.2, 0.25) is 10.0 Å². The van der Waals surface area contributed by atoms with Gasteiger partial charge in [0.2, 0.25) is 0 Å². The van der Waals surface area contributed by atoms with Gasteiger partial charge in [-0.3, -0.25) is 4.79 Å². The summed E-state index contributed by atoms with van der Waals surface area (Å²) in [4.78, 5) is 12.3. The summed E-state index contributed by atoms with van der Waals surface area (Å²) >= 11 is 11.9. The quantitative estimate of drug-likeness (QED) is 0.806. The van der Waals surface area contributed by atoms with E-state index in [9.17, 15) is 4.79 Å². The Morgan fingerprint density at radius 2 is 1.82 bits per heavy atom. The SMILES string of the molecule is CC(Oc1ccc(Cl)cc1Cl)C(=O)NC(C)(C)CC(C)(C)C. The Labute approximate surface area is 143 Å². The van der Waals surface area contributed by atoms with Crippen LogP contribution in [0, 0.1) is 5.41 Å². The van der Waals surface area contributed by atoms with Crippen LogP contribution in [0.5, 0.6) is 5.75 Å². The van der Waals surface area contributed by atoms with Gasteiger partial charge in [-0.2, -0.15) is 0 Å². The molecule has 0 saturated heterocycles. The smallest absolute Gasteiger partial charge is 0.261 e. The van der Waals surface area contributed by atoms with Crippen molar-refractivity contribution in [2.45, 2.75) is 59.6 Å². The molecule has 1 amide bonds. The molecule has 3 nitrogen and oxygen atoms in total. The van der Waals surface area contributed by atoms with Crippen LogP contribution in [0.1, 0.15) is 48.0 Å². The molecule has 0 saturated carbocycles. The lowest BCUT2D eigenvalue weighted by atomic mass is 9.81. The molecule has 1 atom stereocenters. The van der Waals surface area contributed by atoms with E-state index in [-0.39, 0.29) is 16.9 Å². The number of ether oxygens (including phenoxy) is 1. The molecule has 0 aliphatic carbocycles. The van der Waals surface area contributed by atoms with Gasteiger partial charge in [-0.25, -0.2) is 0 Å². The lowest BCUT2D eigenvalue weighted by molar-refractivity contribution is -0.129. The minimum Gasteiger partial charge on any atom is -0.479 e. The van der Waals surface area contributed by atoms with Crippen LogP contribution in [0.15, 0.2) is 18.2 Å². The van der Waals surface area contributed by atoms with Crippen molar-refractivity contribution in [3.05, 3.63) is 28.2 Å². The standard InChI is InChI=1S/C17H25Cl2NO2/c1-11(22-14-8-7-12(18)9-13(14)19)15(21)20-17(5,6)10-16(2,3)4/h7-9,11H,10H2,1-6H3,(H,20,21). The molecule has 0 heterocycles. The number of rotatable bonds is 5. The first kappa shape index (κ1) is 19.1. The number of hydrogen-bond donors (Lipinski definition) is 1. The molecule has 124 valence electrons. The second-order valence-electron chi connectivity index (χ2n) is 7.45. The van der Waals surface area contributed by atoms with Gasteiger partial charge in [-0.05, 0) is 50.8 Å². The third-order valence-corrected chi connectivity index (χ3v) is 3.53. The maximum Gasteiger partial charge on any atom is 0.261 e. The van der Waals surface area contributed by atoms with E-state index in [2.05, 4.69) is 26.1 Å². The summed E-state index contributed by atoms with van der Waals surface area (Å²) in [6, 6.07) is 4.93. The van der Waals surface area contributed by atoms with Crippen molar-refractivity contribution < 1.29 is 9.53 Å². The van der Waals surface area contributed by atoms with Crippen LogP contribution < -0.4 is 10.1 Å². The normalized spacial score (nSPS) is 13.6. The molecular weight excluding hydrogens is 321 g/mol. The van der Waals surface area contributed by atoms with Gasteiger partial charge in [0, 0.05) is 10.6 Å². The van der Waals surface area contributed by atoms with Gasteiger partial charge in [-0.1, -0.05) is 44.0 Å². The van der Waals surface area contributed by atoms with E-state index < -0.39 is 6.10 Å². The summed E-state index contributed by atoms with van der Waals surface area (Å²) in [5, 5.41) is 3.95. The highest BCUT2D eigenvalue weighted by atomic mass is 35.5. The number of nitrogens with one attached hydrogen (secondary N) is 1. The summed E-state index contributed by atoms with van der Waals surface area (Å²) in [5.74, 6) is 0.280. The molecule has 1 aromatic carbocycles. The highest BCUT2D eigenvalue weighted by molar-refractivity contribution is 6.35. The van der Waals surface area contributed by atoms with Gasteiger partial charge in [0.15, 0.2) is 6.10 Å². The maximum absolute atomic E-state index is 12.3. The third kappa shape index (κ3) is 6.45. The van der Waals surface area contributed by atoms with Crippen molar-refractivity contribution in [2.75, 3.05) is 0 Å². The van der Waals surface area contributed by atoms with Gasteiger partial charge >= 0.3 is 0 Å². The minimum absolute atomic E-state index is 0.125. The molecule has 5 heteroatoms. The number of halogens is 2. The number of carbonyl (C=O) groups is 1. The lowest BCUT2D eigenvalue weighted by Crippen LogP contribution is -2.50. The van der Waals surface area contributed by atoms with Gasteiger partial charge in [0.1, 0.15) is 5.75 Å². The topological polar surface area (TPSA) is 38.3 Å². The molecule has 1 unspecified atom stereocenters. The highest BCUT2D eigenvalue weighted by Crippen LogP contribution is 2.29. The Morgan fingerprint density at radius 3 is 2.32 bits per heavy atom. The van der Waals surface area contributed by atoms with Crippen molar-refractivity contribution in [1.29, 1.82) is 0 Å². The summed E-state index contributed by atoms with van der Waals surface area (Å²) in [5.41, 5.74) is -0.183.